The van der Waals surface area contributed by atoms with Gasteiger partial charge in [-0.05, 0) is 38.1 Å². The van der Waals surface area contributed by atoms with Crippen LogP contribution in [0.2, 0.25) is 0 Å². The van der Waals surface area contributed by atoms with Crippen molar-refractivity contribution in [2.24, 2.45) is 0 Å². The molecule has 2 aromatic carbocycles. The van der Waals surface area contributed by atoms with Crippen molar-refractivity contribution in [1.29, 1.82) is 0 Å². The second kappa shape index (κ2) is 10.4. The van der Waals surface area contributed by atoms with Gasteiger partial charge in [0.15, 0.2) is 0 Å². The Hall–Kier alpha value is -1.92. The number of hydrogen-bond donors (Lipinski definition) is 0. The second-order valence-electron chi connectivity index (χ2n) is 5.87. The first-order chi connectivity index (χ1) is 13.0. The van der Waals surface area contributed by atoms with Gasteiger partial charge in [-0.2, -0.15) is 0 Å². The first-order valence-corrected chi connectivity index (χ1v) is 11.0. The molecule has 0 aliphatic rings. The molecule has 0 unspecified atom stereocenters. The first kappa shape index (κ1) is 21.4. The molecule has 0 radical (unpaired) electrons. The number of hydrogen-bond acceptors (Lipinski definition) is 4. The normalized spacial score (nSPS) is 10.5. The predicted octanol–water partition coefficient (Wildman–Crippen LogP) is 5.27. The highest BCUT2D eigenvalue weighted by molar-refractivity contribution is 8.16. The summed E-state index contributed by atoms with van der Waals surface area (Å²) in [6.45, 7) is 8.44. The molecule has 0 bridgehead atoms. The van der Waals surface area contributed by atoms with Gasteiger partial charge in [0.1, 0.15) is 0 Å². The van der Waals surface area contributed by atoms with Crippen LogP contribution in [0.3, 0.4) is 0 Å². The standard InChI is InChI=1S/C21H26N2O2S2/c1-5-22(16(3)24)18-11-7-9-13-20(18)26-15-27-21-14-10-8-12-19(21)23(6-2)17(4)25/h7-14H,5-6,15H2,1-4H3. The maximum atomic E-state index is 11.9. The van der Waals surface area contributed by atoms with Crippen molar-refractivity contribution in [3.63, 3.8) is 0 Å². The summed E-state index contributed by atoms with van der Waals surface area (Å²) in [7, 11) is 0. The molecular weight excluding hydrogens is 376 g/mol. The van der Waals surface area contributed by atoms with Crippen LogP contribution < -0.4 is 9.80 Å². The molecule has 2 amide bonds. The molecule has 0 aromatic heterocycles. The van der Waals surface area contributed by atoms with E-state index < -0.39 is 0 Å². The summed E-state index contributed by atoms with van der Waals surface area (Å²) in [4.78, 5) is 29.6. The van der Waals surface area contributed by atoms with Crippen LogP contribution in [-0.2, 0) is 9.59 Å². The summed E-state index contributed by atoms with van der Waals surface area (Å²) in [5.41, 5.74) is 1.90. The van der Waals surface area contributed by atoms with Gasteiger partial charge in [-0.15, -0.1) is 23.5 Å². The number of carbonyl (C=O) groups excluding carboxylic acids is 2. The molecular formula is C21H26N2O2S2. The Morgan fingerprint density at radius 1 is 0.741 bits per heavy atom. The van der Waals surface area contributed by atoms with Gasteiger partial charge in [0, 0.05) is 41.8 Å². The van der Waals surface area contributed by atoms with E-state index in [0.717, 1.165) is 26.3 Å². The van der Waals surface area contributed by atoms with E-state index in [-0.39, 0.29) is 11.8 Å². The molecule has 0 atom stereocenters. The summed E-state index contributed by atoms with van der Waals surface area (Å²) in [6.07, 6.45) is 0. The van der Waals surface area contributed by atoms with Crippen LogP contribution in [0.15, 0.2) is 58.3 Å². The van der Waals surface area contributed by atoms with E-state index >= 15 is 0 Å². The van der Waals surface area contributed by atoms with E-state index in [2.05, 4.69) is 0 Å². The third-order valence-corrected chi connectivity index (χ3v) is 6.39. The van der Waals surface area contributed by atoms with Gasteiger partial charge in [-0.1, -0.05) is 24.3 Å². The predicted molar refractivity (Wildman–Crippen MR) is 117 cm³/mol. The van der Waals surface area contributed by atoms with E-state index in [0.29, 0.717) is 13.1 Å². The molecule has 0 spiro atoms. The summed E-state index contributed by atoms with van der Waals surface area (Å²) in [5.74, 6) is 0.0900. The molecule has 0 aliphatic carbocycles. The van der Waals surface area contributed by atoms with Gasteiger partial charge in [0.25, 0.3) is 0 Å². The maximum Gasteiger partial charge on any atom is 0.223 e. The fourth-order valence-electron chi connectivity index (χ4n) is 2.89. The van der Waals surface area contributed by atoms with Crippen molar-refractivity contribution < 1.29 is 9.59 Å². The summed E-state index contributed by atoms with van der Waals surface area (Å²) >= 11 is 3.41. The molecule has 0 N–H and O–H groups in total. The van der Waals surface area contributed by atoms with Gasteiger partial charge < -0.3 is 9.80 Å². The smallest absolute Gasteiger partial charge is 0.223 e. The number of amides is 2. The van der Waals surface area contributed by atoms with Crippen LogP contribution >= 0.6 is 23.5 Å². The highest BCUT2D eigenvalue weighted by atomic mass is 32.2. The summed E-state index contributed by atoms with van der Waals surface area (Å²) in [5, 5.41) is 0.791. The number of anilines is 2. The number of benzene rings is 2. The number of rotatable bonds is 8. The van der Waals surface area contributed by atoms with Crippen molar-refractivity contribution in [1.82, 2.24) is 0 Å². The number of nitrogens with zero attached hydrogens (tertiary/aromatic N) is 2. The molecule has 0 fully saturated rings. The van der Waals surface area contributed by atoms with Gasteiger partial charge in [0.05, 0.1) is 11.4 Å². The zero-order valence-corrected chi connectivity index (χ0v) is 17.9. The molecule has 0 saturated heterocycles. The summed E-state index contributed by atoms with van der Waals surface area (Å²) < 4.78 is 0. The lowest BCUT2D eigenvalue weighted by Gasteiger charge is -2.23. The third-order valence-electron chi connectivity index (χ3n) is 4.13. The SMILES string of the molecule is CCN(C(C)=O)c1ccccc1SCSc1ccccc1N(CC)C(C)=O. The monoisotopic (exact) mass is 402 g/mol. The second-order valence-corrected chi connectivity index (χ2v) is 8.27. The zero-order valence-electron chi connectivity index (χ0n) is 16.3. The Morgan fingerprint density at radius 3 is 1.44 bits per heavy atom. The van der Waals surface area contributed by atoms with E-state index in [9.17, 15) is 9.59 Å². The highest BCUT2D eigenvalue weighted by Crippen LogP contribution is 2.37. The Labute approximate surface area is 170 Å². The first-order valence-electron chi connectivity index (χ1n) is 8.99. The number of carbonyl (C=O) groups is 2. The van der Waals surface area contributed by atoms with Gasteiger partial charge in [-0.3, -0.25) is 9.59 Å². The van der Waals surface area contributed by atoms with E-state index in [1.165, 1.54) is 0 Å². The lowest BCUT2D eigenvalue weighted by molar-refractivity contribution is -0.117. The van der Waals surface area contributed by atoms with Crippen molar-refractivity contribution in [3.8, 4) is 0 Å². The minimum absolute atomic E-state index is 0.0450. The Balaban J connectivity index is 2.15. The minimum atomic E-state index is 0.0450. The van der Waals surface area contributed by atoms with Crippen LogP contribution in [0, 0.1) is 0 Å². The Kier molecular flexibility index (Phi) is 8.25. The lowest BCUT2D eigenvalue weighted by Crippen LogP contribution is -2.28. The fourth-order valence-corrected chi connectivity index (χ4v) is 5.14. The fraction of sp³-hybridized carbons (Fsp3) is 0.333. The molecule has 4 nitrogen and oxygen atoms in total. The molecule has 27 heavy (non-hydrogen) atoms. The highest BCUT2D eigenvalue weighted by Gasteiger charge is 2.15. The van der Waals surface area contributed by atoms with Crippen LogP contribution in [0.5, 0.6) is 0 Å². The molecule has 144 valence electrons. The number of thioether (sulfide) groups is 2. The molecule has 0 aliphatic heterocycles. The van der Waals surface area contributed by atoms with Crippen molar-refractivity contribution in [2.45, 2.75) is 37.5 Å². The maximum absolute atomic E-state index is 11.9. The van der Waals surface area contributed by atoms with Crippen molar-refractivity contribution >= 4 is 46.7 Å². The van der Waals surface area contributed by atoms with Crippen molar-refractivity contribution in [3.05, 3.63) is 48.5 Å². The zero-order chi connectivity index (χ0) is 19.8. The summed E-state index contributed by atoms with van der Waals surface area (Å²) in [6, 6.07) is 16.0. The average molecular weight is 403 g/mol. The molecule has 2 rings (SSSR count). The lowest BCUT2D eigenvalue weighted by atomic mass is 10.3. The third kappa shape index (κ3) is 5.53. The quantitative estimate of drug-likeness (QED) is 0.445. The number of para-hydroxylation sites is 2. The van der Waals surface area contributed by atoms with Crippen LogP contribution in [0.25, 0.3) is 0 Å². The van der Waals surface area contributed by atoms with Crippen LogP contribution in [-0.4, -0.2) is 30.0 Å². The largest absolute Gasteiger partial charge is 0.312 e. The molecule has 0 saturated carbocycles. The van der Waals surface area contributed by atoms with Gasteiger partial charge >= 0.3 is 0 Å². The topological polar surface area (TPSA) is 40.6 Å². The van der Waals surface area contributed by atoms with Crippen LogP contribution in [0.1, 0.15) is 27.7 Å². The average Bonchev–Trinajstić information content (AvgIpc) is 2.65. The van der Waals surface area contributed by atoms with E-state index in [1.807, 2.05) is 62.4 Å². The molecule has 0 heterocycles. The van der Waals surface area contributed by atoms with Crippen molar-refractivity contribution in [2.75, 3.05) is 28.0 Å². The minimum Gasteiger partial charge on any atom is -0.312 e. The Morgan fingerprint density at radius 2 is 1.11 bits per heavy atom. The molecule has 2 aromatic rings. The van der Waals surface area contributed by atoms with Crippen LogP contribution in [0.4, 0.5) is 11.4 Å². The van der Waals surface area contributed by atoms with Gasteiger partial charge in [0.2, 0.25) is 11.8 Å². The van der Waals surface area contributed by atoms with Gasteiger partial charge in [-0.25, -0.2) is 0 Å². The Bertz CT molecular complexity index is 730. The van der Waals surface area contributed by atoms with E-state index in [1.54, 1.807) is 47.2 Å². The molecule has 6 heteroatoms. The van der Waals surface area contributed by atoms with E-state index in [4.69, 9.17) is 0 Å².